The lowest BCUT2D eigenvalue weighted by atomic mass is 9.69. The van der Waals surface area contributed by atoms with Crippen LogP contribution in [0.4, 0.5) is 14.5 Å². The minimum absolute atomic E-state index is 0.0296. The summed E-state index contributed by atoms with van der Waals surface area (Å²) in [4.78, 5) is 32.6. The van der Waals surface area contributed by atoms with Crippen molar-refractivity contribution in [2.45, 2.75) is 63.6 Å². The number of hydrogen-bond donors (Lipinski definition) is 2. The number of aromatic nitrogens is 1. The number of piperidine rings is 1. The Kier molecular flexibility index (Phi) is 7.80. The van der Waals surface area contributed by atoms with Gasteiger partial charge in [-0.1, -0.05) is 38.1 Å². The maximum atomic E-state index is 14.0. The Balaban J connectivity index is 1.64. The van der Waals surface area contributed by atoms with E-state index in [1.165, 1.54) is 6.07 Å². The third-order valence-electron chi connectivity index (χ3n) is 7.17. The molecule has 0 saturated carbocycles. The van der Waals surface area contributed by atoms with Gasteiger partial charge in [-0.05, 0) is 48.9 Å². The minimum atomic E-state index is -3.09. The van der Waals surface area contributed by atoms with Crippen molar-refractivity contribution in [2.24, 2.45) is 0 Å². The lowest BCUT2D eigenvalue weighted by Gasteiger charge is -2.43. The third kappa shape index (κ3) is 5.75. The van der Waals surface area contributed by atoms with Crippen LogP contribution < -0.4 is 10.1 Å². The van der Waals surface area contributed by atoms with Gasteiger partial charge in [0.05, 0.1) is 25.0 Å². The number of halogens is 2. The Bertz CT molecular complexity index is 1140. The van der Waals surface area contributed by atoms with E-state index in [0.717, 1.165) is 11.1 Å². The smallest absolute Gasteiger partial charge is 0.388 e. The van der Waals surface area contributed by atoms with Crippen molar-refractivity contribution < 1.29 is 33.0 Å². The van der Waals surface area contributed by atoms with Crippen LogP contribution in [0.3, 0.4) is 0 Å². The number of nitrogens with one attached hydrogen (secondary N) is 1. The molecular weight excluding hydrogens is 484 g/mol. The Morgan fingerprint density at radius 3 is 2.43 bits per heavy atom. The van der Waals surface area contributed by atoms with Crippen LogP contribution in [0.5, 0.6) is 5.88 Å². The highest BCUT2D eigenvalue weighted by Crippen LogP contribution is 2.41. The number of nitrogens with zero attached hydrogens (tertiary/aromatic N) is 2. The van der Waals surface area contributed by atoms with Gasteiger partial charge in [0.1, 0.15) is 11.3 Å². The molecule has 37 heavy (non-hydrogen) atoms. The van der Waals surface area contributed by atoms with Crippen molar-refractivity contribution in [3.63, 3.8) is 0 Å². The fourth-order valence-electron chi connectivity index (χ4n) is 5.07. The molecular formula is C27H33F2N3O5. The summed E-state index contributed by atoms with van der Waals surface area (Å²) in [6, 6.07) is 10.8. The van der Waals surface area contributed by atoms with Gasteiger partial charge in [0.15, 0.2) is 0 Å². The summed E-state index contributed by atoms with van der Waals surface area (Å²) in [5.41, 5.74) is 0.233. The highest BCUT2D eigenvalue weighted by atomic mass is 19.3. The van der Waals surface area contributed by atoms with Crippen LogP contribution in [0.15, 0.2) is 36.4 Å². The summed E-state index contributed by atoms with van der Waals surface area (Å²) in [5.74, 6) is -0.776. The summed E-state index contributed by atoms with van der Waals surface area (Å²) in [6.45, 7) is 3.52. The van der Waals surface area contributed by atoms with E-state index in [1.807, 2.05) is 38.1 Å². The largest absolute Gasteiger partial charge is 0.415 e. The first-order chi connectivity index (χ1) is 17.5. The standard InChI is InChI=1S/C27H33F2N3O5/c1-17(2)19-6-4-5-7-20(19)27(10-12-32(13-11-27)22(33)14-26(35)15-36-16-26)24(34)31-21-9-8-18(3)30-23(21)37-25(28)29/h4-9,17,25,35H,10-16H2,1-3H3,(H,31,34). The Morgan fingerprint density at radius 2 is 1.84 bits per heavy atom. The molecule has 0 spiro atoms. The molecule has 0 radical (unpaired) electrons. The molecule has 2 fully saturated rings. The number of amides is 2. The number of carbonyl (C=O) groups excluding carboxylic acids is 2. The van der Waals surface area contributed by atoms with Gasteiger partial charge in [0, 0.05) is 18.8 Å². The second kappa shape index (κ2) is 10.7. The summed E-state index contributed by atoms with van der Waals surface area (Å²) >= 11 is 0. The van der Waals surface area contributed by atoms with Crippen LogP contribution in [-0.4, -0.2) is 65.3 Å². The minimum Gasteiger partial charge on any atom is -0.415 e. The zero-order chi connectivity index (χ0) is 26.8. The number of hydrogen-bond acceptors (Lipinski definition) is 6. The van der Waals surface area contributed by atoms with Gasteiger partial charge in [-0.25, -0.2) is 4.98 Å². The van der Waals surface area contributed by atoms with Gasteiger partial charge < -0.3 is 24.8 Å². The van der Waals surface area contributed by atoms with Gasteiger partial charge in [-0.2, -0.15) is 8.78 Å². The molecule has 0 bridgehead atoms. The molecule has 3 heterocycles. The summed E-state index contributed by atoms with van der Waals surface area (Å²) < 4.78 is 35.7. The molecule has 8 nitrogen and oxygen atoms in total. The normalized spacial score (nSPS) is 18.4. The van der Waals surface area contributed by atoms with E-state index in [4.69, 9.17) is 4.74 Å². The summed E-state index contributed by atoms with van der Waals surface area (Å²) in [7, 11) is 0. The number of likely N-dealkylation sites (tertiary alicyclic amines) is 1. The molecule has 0 atom stereocenters. The predicted octanol–water partition coefficient (Wildman–Crippen LogP) is 3.77. The maximum absolute atomic E-state index is 14.0. The molecule has 2 amide bonds. The van der Waals surface area contributed by atoms with Crippen molar-refractivity contribution in [1.29, 1.82) is 0 Å². The first-order valence-corrected chi connectivity index (χ1v) is 12.4. The van der Waals surface area contributed by atoms with E-state index in [9.17, 15) is 23.5 Å². The Morgan fingerprint density at radius 1 is 1.16 bits per heavy atom. The quantitative estimate of drug-likeness (QED) is 0.553. The van der Waals surface area contributed by atoms with Crippen molar-refractivity contribution in [3.8, 4) is 5.88 Å². The van der Waals surface area contributed by atoms with E-state index in [0.29, 0.717) is 31.6 Å². The molecule has 0 aliphatic carbocycles. The molecule has 10 heteroatoms. The van der Waals surface area contributed by atoms with Crippen molar-refractivity contribution >= 4 is 17.5 Å². The number of rotatable bonds is 8. The number of carbonyl (C=O) groups is 2. The van der Waals surface area contributed by atoms with Crippen LogP contribution >= 0.6 is 0 Å². The number of alkyl halides is 2. The Hall–Kier alpha value is -3.11. The van der Waals surface area contributed by atoms with Gasteiger partial charge in [-0.15, -0.1) is 0 Å². The van der Waals surface area contributed by atoms with Crippen LogP contribution in [0.1, 0.15) is 55.8 Å². The molecule has 2 aromatic rings. The second-order valence-corrected chi connectivity index (χ2v) is 10.2. The highest BCUT2D eigenvalue weighted by molar-refractivity contribution is 6.00. The average Bonchev–Trinajstić information content (AvgIpc) is 2.84. The molecule has 1 aromatic carbocycles. The van der Waals surface area contributed by atoms with Crippen molar-refractivity contribution in [2.75, 3.05) is 31.6 Å². The Labute approximate surface area is 215 Å². The molecule has 2 saturated heterocycles. The predicted molar refractivity (Wildman–Crippen MR) is 133 cm³/mol. The summed E-state index contributed by atoms with van der Waals surface area (Å²) in [6.07, 6.45) is 0.624. The zero-order valence-corrected chi connectivity index (χ0v) is 21.3. The van der Waals surface area contributed by atoms with Crippen LogP contribution in [0.2, 0.25) is 0 Å². The highest BCUT2D eigenvalue weighted by Gasteiger charge is 2.47. The van der Waals surface area contributed by atoms with E-state index < -0.39 is 17.6 Å². The third-order valence-corrected chi connectivity index (χ3v) is 7.17. The first kappa shape index (κ1) is 26.9. The number of anilines is 1. The molecule has 2 aliphatic rings. The van der Waals surface area contributed by atoms with E-state index in [-0.39, 0.29) is 48.9 Å². The second-order valence-electron chi connectivity index (χ2n) is 10.2. The molecule has 0 unspecified atom stereocenters. The molecule has 200 valence electrons. The van der Waals surface area contributed by atoms with Gasteiger partial charge >= 0.3 is 6.61 Å². The van der Waals surface area contributed by atoms with Gasteiger partial charge in [-0.3, -0.25) is 9.59 Å². The topological polar surface area (TPSA) is 101 Å². The van der Waals surface area contributed by atoms with E-state index >= 15 is 0 Å². The SMILES string of the molecule is Cc1ccc(NC(=O)C2(c3ccccc3C(C)C)CCN(C(=O)CC3(O)COC3)CC2)c(OC(F)F)n1. The van der Waals surface area contributed by atoms with Crippen molar-refractivity contribution in [3.05, 3.63) is 53.2 Å². The van der Waals surface area contributed by atoms with Gasteiger partial charge in [0.2, 0.25) is 17.7 Å². The monoisotopic (exact) mass is 517 g/mol. The number of benzene rings is 1. The fraction of sp³-hybridized carbons (Fsp3) is 0.519. The molecule has 2 N–H and O–H groups in total. The maximum Gasteiger partial charge on any atom is 0.388 e. The molecule has 1 aromatic heterocycles. The van der Waals surface area contributed by atoms with Crippen LogP contribution in [0, 0.1) is 6.92 Å². The van der Waals surface area contributed by atoms with Crippen molar-refractivity contribution in [1.82, 2.24) is 9.88 Å². The van der Waals surface area contributed by atoms with Crippen LogP contribution in [-0.2, 0) is 19.7 Å². The van der Waals surface area contributed by atoms with E-state index in [1.54, 1.807) is 17.9 Å². The van der Waals surface area contributed by atoms with E-state index in [2.05, 4.69) is 15.0 Å². The fourth-order valence-corrected chi connectivity index (χ4v) is 5.07. The number of aryl methyl sites for hydroxylation is 1. The zero-order valence-electron chi connectivity index (χ0n) is 21.3. The summed E-state index contributed by atoms with van der Waals surface area (Å²) in [5, 5.41) is 13.1. The lowest BCUT2D eigenvalue weighted by Crippen LogP contribution is -2.55. The number of aliphatic hydroxyl groups is 1. The number of ether oxygens (including phenoxy) is 2. The lowest BCUT2D eigenvalue weighted by molar-refractivity contribution is -0.188. The molecule has 4 rings (SSSR count). The first-order valence-electron chi connectivity index (χ1n) is 12.4. The average molecular weight is 518 g/mol. The number of pyridine rings is 1. The van der Waals surface area contributed by atoms with Gasteiger partial charge in [0.25, 0.3) is 0 Å². The van der Waals surface area contributed by atoms with Crippen LogP contribution in [0.25, 0.3) is 0 Å². The molecule has 2 aliphatic heterocycles.